The van der Waals surface area contributed by atoms with E-state index in [-0.39, 0.29) is 11.8 Å². The van der Waals surface area contributed by atoms with Crippen LogP contribution in [0, 0.1) is 5.92 Å². The van der Waals surface area contributed by atoms with E-state index in [0.717, 1.165) is 4.88 Å². The Bertz CT molecular complexity index is 494. The monoisotopic (exact) mass is 340 g/mol. The maximum absolute atomic E-state index is 12.3. The van der Waals surface area contributed by atoms with Gasteiger partial charge in [-0.05, 0) is 17.4 Å². The van der Waals surface area contributed by atoms with Gasteiger partial charge in [-0.15, -0.1) is 23.1 Å². The summed E-state index contributed by atoms with van der Waals surface area (Å²) in [4.78, 5) is 29.0. The van der Waals surface area contributed by atoms with Crippen LogP contribution in [0.1, 0.15) is 30.4 Å². The summed E-state index contributed by atoms with van der Waals surface area (Å²) in [5, 5.41) is 2.41. The second-order valence-electron chi connectivity index (χ2n) is 5.91. The van der Waals surface area contributed by atoms with Gasteiger partial charge in [0.1, 0.15) is 0 Å². The molecule has 0 radical (unpaired) electrons. The van der Waals surface area contributed by atoms with Crippen molar-refractivity contribution in [3.63, 3.8) is 0 Å². The molecule has 0 N–H and O–H groups in total. The fourth-order valence-corrected chi connectivity index (χ4v) is 3.87. The number of carbonyl (C=O) groups excluding carboxylic acids is 2. The Morgan fingerprint density at radius 3 is 2.36 bits per heavy atom. The molecule has 122 valence electrons. The Hall–Kier alpha value is -1.01. The number of hydrogen-bond acceptors (Lipinski definition) is 4. The molecule has 22 heavy (non-hydrogen) atoms. The molecule has 0 aliphatic carbocycles. The molecule has 0 bridgehead atoms. The average molecular weight is 341 g/mol. The van der Waals surface area contributed by atoms with Crippen LogP contribution in [0.2, 0.25) is 0 Å². The summed E-state index contributed by atoms with van der Waals surface area (Å²) in [5.74, 6) is 1.40. The lowest BCUT2D eigenvalue weighted by Gasteiger charge is -2.34. The highest BCUT2D eigenvalue weighted by Gasteiger charge is 2.25. The number of nitrogens with zero attached hydrogens (tertiary/aromatic N) is 2. The number of carbonyl (C=O) groups is 2. The molecule has 0 saturated carbocycles. The van der Waals surface area contributed by atoms with Crippen LogP contribution in [0.3, 0.4) is 0 Å². The van der Waals surface area contributed by atoms with Gasteiger partial charge in [-0.1, -0.05) is 26.8 Å². The third-order valence-corrected chi connectivity index (χ3v) is 6.40. The van der Waals surface area contributed by atoms with Crippen molar-refractivity contribution in [1.82, 2.24) is 9.80 Å². The maximum Gasteiger partial charge on any atom is 0.264 e. The lowest BCUT2D eigenvalue weighted by atomic mass is 10.2. The van der Waals surface area contributed by atoms with Gasteiger partial charge in [0.2, 0.25) is 5.91 Å². The van der Waals surface area contributed by atoms with Crippen molar-refractivity contribution >= 4 is 34.9 Å². The van der Waals surface area contributed by atoms with E-state index in [1.807, 2.05) is 27.3 Å². The van der Waals surface area contributed by atoms with Crippen molar-refractivity contribution < 1.29 is 9.59 Å². The van der Waals surface area contributed by atoms with Gasteiger partial charge >= 0.3 is 0 Å². The topological polar surface area (TPSA) is 40.6 Å². The highest BCUT2D eigenvalue weighted by Crippen LogP contribution is 2.19. The summed E-state index contributed by atoms with van der Waals surface area (Å²) in [5.41, 5.74) is 0. The van der Waals surface area contributed by atoms with Crippen LogP contribution in [0.4, 0.5) is 0 Å². The summed E-state index contributed by atoms with van der Waals surface area (Å²) < 4.78 is 0. The van der Waals surface area contributed by atoms with Crippen LogP contribution in [0.5, 0.6) is 0 Å². The van der Waals surface area contributed by atoms with E-state index in [4.69, 9.17) is 0 Å². The molecule has 2 heterocycles. The van der Waals surface area contributed by atoms with Gasteiger partial charge in [0.15, 0.2) is 0 Å². The molecule has 0 aromatic carbocycles. The maximum atomic E-state index is 12.3. The van der Waals surface area contributed by atoms with E-state index < -0.39 is 0 Å². The van der Waals surface area contributed by atoms with Crippen molar-refractivity contribution in [1.29, 1.82) is 0 Å². The second-order valence-corrected chi connectivity index (χ2v) is 8.22. The Kier molecular flexibility index (Phi) is 6.32. The largest absolute Gasteiger partial charge is 0.338 e. The number of rotatable bonds is 5. The standard InChI is InChI=1S/C16H24N2O2S2/c1-12(2)13(3)22-11-15(19)17-6-8-18(9-7-17)16(20)14-5-4-10-21-14/h4-5,10,12-13H,6-9,11H2,1-3H3/t13-/m1/s1. The fourth-order valence-electron chi connectivity index (χ4n) is 2.20. The molecule has 2 amide bonds. The molecule has 1 fully saturated rings. The molecular formula is C16H24N2O2S2. The fraction of sp³-hybridized carbons (Fsp3) is 0.625. The molecule has 1 saturated heterocycles. The first-order valence-electron chi connectivity index (χ1n) is 7.71. The third kappa shape index (κ3) is 4.49. The Morgan fingerprint density at radius 2 is 1.82 bits per heavy atom. The normalized spacial score (nSPS) is 16.9. The van der Waals surface area contributed by atoms with Crippen LogP contribution in [0.25, 0.3) is 0 Å². The van der Waals surface area contributed by atoms with E-state index in [2.05, 4.69) is 20.8 Å². The summed E-state index contributed by atoms with van der Waals surface area (Å²) in [6, 6.07) is 3.75. The zero-order valence-electron chi connectivity index (χ0n) is 13.4. The Morgan fingerprint density at radius 1 is 1.18 bits per heavy atom. The molecule has 1 aliphatic heterocycles. The average Bonchev–Trinajstić information content (AvgIpc) is 3.06. The Balaban J connectivity index is 1.77. The van der Waals surface area contributed by atoms with Crippen LogP contribution in [-0.2, 0) is 4.79 Å². The predicted octanol–water partition coefficient (Wildman–Crippen LogP) is 2.81. The number of piperazine rings is 1. The second kappa shape index (κ2) is 8.02. The summed E-state index contributed by atoms with van der Waals surface area (Å²) in [6.07, 6.45) is 0. The number of thioether (sulfide) groups is 1. The van der Waals surface area contributed by atoms with Gasteiger partial charge < -0.3 is 9.80 Å². The minimum atomic E-state index is 0.0879. The molecule has 1 aliphatic rings. The van der Waals surface area contributed by atoms with E-state index >= 15 is 0 Å². The zero-order chi connectivity index (χ0) is 16.1. The van der Waals surface area contributed by atoms with Crippen molar-refractivity contribution in [2.24, 2.45) is 5.92 Å². The van der Waals surface area contributed by atoms with Gasteiger partial charge in [-0.2, -0.15) is 0 Å². The lowest BCUT2D eigenvalue weighted by Crippen LogP contribution is -2.51. The molecule has 1 aromatic heterocycles. The van der Waals surface area contributed by atoms with Gasteiger partial charge in [0, 0.05) is 31.4 Å². The minimum Gasteiger partial charge on any atom is -0.338 e. The third-order valence-electron chi connectivity index (χ3n) is 4.06. The molecule has 0 unspecified atom stereocenters. The highest BCUT2D eigenvalue weighted by atomic mass is 32.2. The first-order valence-corrected chi connectivity index (χ1v) is 9.64. The molecule has 1 aromatic rings. The SMILES string of the molecule is CC(C)[C@@H](C)SCC(=O)N1CCN(C(=O)c2cccs2)CC1. The van der Waals surface area contributed by atoms with Crippen LogP contribution >= 0.6 is 23.1 Å². The first kappa shape index (κ1) is 17.3. The van der Waals surface area contributed by atoms with Crippen molar-refractivity contribution in [3.8, 4) is 0 Å². The summed E-state index contributed by atoms with van der Waals surface area (Å²) in [6.45, 7) is 9.08. The van der Waals surface area contributed by atoms with Crippen molar-refractivity contribution in [3.05, 3.63) is 22.4 Å². The van der Waals surface area contributed by atoms with Gasteiger partial charge in [-0.3, -0.25) is 9.59 Å². The quantitative estimate of drug-likeness (QED) is 0.827. The zero-order valence-corrected chi connectivity index (χ0v) is 15.1. The van der Waals surface area contributed by atoms with E-state index in [1.165, 1.54) is 11.3 Å². The van der Waals surface area contributed by atoms with Crippen molar-refractivity contribution in [2.45, 2.75) is 26.0 Å². The smallest absolute Gasteiger partial charge is 0.264 e. The van der Waals surface area contributed by atoms with Gasteiger partial charge in [-0.25, -0.2) is 0 Å². The van der Waals surface area contributed by atoms with E-state index in [1.54, 1.807) is 11.8 Å². The molecule has 2 rings (SSSR count). The molecular weight excluding hydrogens is 316 g/mol. The van der Waals surface area contributed by atoms with Gasteiger partial charge in [0.25, 0.3) is 5.91 Å². The number of amides is 2. The van der Waals surface area contributed by atoms with E-state index in [9.17, 15) is 9.59 Å². The molecule has 1 atom stereocenters. The lowest BCUT2D eigenvalue weighted by molar-refractivity contribution is -0.129. The number of hydrogen-bond donors (Lipinski definition) is 0. The summed E-state index contributed by atoms with van der Waals surface area (Å²) in [7, 11) is 0. The van der Waals surface area contributed by atoms with Crippen LogP contribution < -0.4 is 0 Å². The van der Waals surface area contributed by atoms with E-state index in [0.29, 0.717) is 43.1 Å². The molecule has 6 heteroatoms. The van der Waals surface area contributed by atoms with Gasteiger partial charge in [0.05, 0.1) is 10.6 Å². The summed E-state index contributed by atoms with van der Waals surface area (Å²) >= 11 is 3.19. The molecule has 0 spiro atoms. The predicted molar refractivity (Wildman–Crippen MR) is 93.6 cm³/mol. The van der Waals surface area contributed by atoms with Crippen molar-refractivity contribution in [2.75, 3.05) is 31.9 Å². The molecule has 4 nitrogen and oxygen atoms in total. The Labute approximate surface area is 140 Å². The van der Waals surface area contributed by atoms with Crippen LogP contribution in [0.15, 0.2) is 17.5 Å². The van der Waals surface area contributed by atoms with Crippen LogP contribution in [-0.4, -0.2) is 58.8 Å². The highest BCUT2D eigenvalue weighted by molar-refractivity contribution is 8.00. The number of thiophene rings is 1. The first-order chi connectivity index (χ1) is 10.5. The minimum absolute atomic E-state index is 0.0879.